The lowest BCUT2D eigenvalue weighted by atomic mass is 9.96. The molecule has 2 saturated heterocycles. The van der Waals surface area contributed by atoms with E-state index in [4.69, 9.17) is 4.74 Å². The topological polar surface area (TPSA) is 85.7 Å². The van der Waals surface area contributed by atoms with Gasteiger partial charge in [-0.2, -0.15) is 5.26 Å². The van der Waals surface area contributed by atoms with Gasteiger partial charge < -0.3 is 19.9 Å². The standard InChI is InChI=1S/C17H26N4O3/c18-10-15-12-24-9-8-21(15)16(22)13-4-3-7-20(11-13)17(23)19-14-5-1-2-6-14/h13-15H,1-9,11-12H2,(H,19,23)/t13-,15+/m0/s1. The van der Waals surface area contributed by atoms with Crippen LogP contribution in [0.4, 0.5) is 4.79 Å². The van der Waals surface area contributed by atoms with E-state index in [1.165, 1.54) is 12.8 Å². The summed E-state index contributed by atoms with van der Waals surface area (Å²) in [6.45, 7) is 2.37. The summed E-state index contributed by atoms with van der Waals surface area (Å²) < 4.78 is 5.28. The van der Waals surface area contributed by atoms with E-state index in [1.807, 2.05) is 0 Å². The molecule has 0 bridgehead atoms. The Labute approximate surface area is 142 Å². The van der Waals surface area contributed by atoms with Crippen molar-refractivity contribution in [2.24, 2.45) is 5.92 Å². The maximum absolute atomic E-state index is 12.8. The predicted molar refractivity (Wildman–Crippen MR) is 87.0 cm³/mol. The number of urea groups is 1. The Bertz CT molecular complexity index is 512. The second-order valence-corrected chi connectivity index (χ2v) is 6.97. The third kappa shape index (κ3) is 3.81. The van der Waals surface area contributed by atoms with E-state index in [0.29, 0.717) is 26.2 Å². The molecule has 0 radical (unpaired) electrons. The van der Waals surface area contributed by atoms with Crippen molar-refractivity contribution in [2.45, 2.75) is 50.6 Å². The van der Waals surface area contributed by atoms with Crippen molar-refractivity contribution in [3.8, 4) is 6.07 Å². The number of piperidine rings is 1. The van der Waals surface area contributed by atoms with E-state index in [9.17, 15) is 14.9 Å². The van der Waals surface area contributed by atoms with Crippen molar-refractivity contribution in [1.29, 1.82) is 5.26 Å². The number of hydrogen-bond acceptors (Lipinski definition) is 4. The summed E-state index contributed by atoms with van der Waals surface area (Å²) in [5, 5.41) is 12.3. The van der Waals surface area contributed by atoms with Gasteiger partial charge in [0.25, 0.3) is 0 Å². The number of likely N-dealkylation sites (tertiary alicyclic amines) is 1. The van der Waals surface area contributed by atoms with Crippen LogP contribution in [-0.2, 0) is 9.53 Å². The summed E-state index contributed by atoms with van der Waals surface area (Å²) in [7, 11) is 0. The van der Waals surface area contributed by atoms with Gasteiger partial charge in [-0.15, -0.1) is 0 Å². The van der Waals surface area contributed by atoms with Crippen LogP contribution in [-0.4, -0.2) is 66.7 Å². The van der Waals surface area contributed by atoms with Gasteiger partial charge in [0.1, 0.15) is 6.04 Å². The molecule has 3 rings (SSSR count). The molecular formula is C17H26N4O3. The molecule has 0 spiro atoms. The molecule has 24 heavy (non-hydrogen) atoms. The molecule has 0 aromatic heterocycles. The number of carbonyl (C=O) groups excluding carboxylic acids is 2. The smallest absolute Gasteiger partial charge is 0.317 e. The number of nitrogens with zero attached hydrogens (tertiary/aromatic N) is 3. The average molecular weight is 334 g/mol. The van der Waals surface area contributed by atoms with Crippen LogP contribution in [0.15, 0.2) is 0 Å². The molecule has 3 fully saturated rings. The number of carbonyl (C=O) groups is 2. The van der Waals surface area contributed by atoms with Crippen LogP contribution in [0.25, 0.3) is 0 Å². The first-order chi connectivity index (χ1) is 11.7. The summed E-state index contributed by atoms with van der Waals surface area (Å²) in [6.07, 6.45) is 6.08. The van der Waals surface area contributed by atoms with Gasteiger partial charge >= 0.3 is 6.03 Å². The second-order valence-electron chi connectivity index (χ2n) is 6.97. The van der Waals surface area contributed by atoms with E-state index in [1.54, 1.807) is 9.80 Å². The number of nitriles is 1. The maximum atomic E-state index is 12.8. The van der Waals surface area contributed by atoms with Crippen molar-refractivity contribution in [3.05, 3.63) is 0 Å². The van der Waals surface area contributed by atoms with E-state index < -0.39 is 6.04 Å². The van der Waals surface area contributed by atoms with Gasteiger partial charge in [-0.3, -0.25) is 4.79 Å². The fraction of sp³-hybridized carbons (Fsp3) is 0.824. The van der Waals surface area contributed by atoms with Gasteiger partial charge in [-0.25, -0.2) is 4.79 Å². The molecule has 1 aliphatic carbocycles. The third-order valence-corrected chi connectivity index (χ3v) is 5.30. The van der Waals surface area contributed by atoms with Crippen molar-refractivity contribution < 1.29 is 14.3 Å². The van der Waals surface area contributed by atoms with Gasteiger partial charge in [-0.05, 0) is 25.7 Å². The van der Waals surface area contributed by atoms with E-state index in [2.05, 4.69) is 11.4 Å². The first-order valence-corrected chi connectivity index (χ1v) is 9.02. The van der Waals surface area contributed by atoms with Crippen LogP contribution in [0.5, 0.6) is 0 Å². The zero-order chi connectivity index (χ0) is 16.9. The van der Waals surface area contributed by atoms with Gasteiger partial charge in [0, 0.05) is 25.7 Å². The minimum absolute atomic E-state index is 0.0109. The highest BCUT2D eigenvalue weighted by molar-refractivity contribution is 5.81. The molecule has 0 aromatic rings. The lowest BCUT2D eigenvalue weighted by Gasteiger charge is -2.38. The maximum Gasteiger partial charge on any atom is 0.317 e. The van der Waals surface area contributed by atoms with Crippen LogP contribution >= 0.6 is 0 Å². The second kappa shape index (κ2) is 7.84. The van der Waals surface area contributed by atoms with Crippen LogP contribution in [0.1, 0.15) is 38.5 Å². The SMILES string of the molecule is N#C[C@@H]1COCCN1C(=O)[C@H]1CCCN(C(=O)NC2CCCC2)C1. The zero-order valence-corrected chi connectivity index (χ0v) is 14.1. The van der Waals surface area contributed by atoms with Gasteiger partial charge in [0.05, 0.1) is 25.2 Å². The Hall–Kier alpha value is -1.81. The molecule has 7 nitrogen and oxygen atoms in total. The van der Waals surface area contributed by atoms with Crippen molar-refractivity contribution in [3.63, 3.8) is 0 Å². The molecule has 0 aromatic carbocycles. The summed E-state index contributed by atoms with van der Waals surface area (Å²) in [4.78, 5) is 28.6. The Morgan fingerprint density at radius 3 is 2.67 bits per heavy atom. The van der Waals surface area contributed by atoms with Crippen LogP contribution in [0.2, 0.25) is 0 Å². The first kappa shape index (κ1) is 17.0. The lowest BCUT2D eigenvalue weighted by Crippen LogP contribution is -2.54. The fourth-order valence-electron chi connectivity index (χ4n) is 3.91. The molecule has 2 atom stereocenters. The summed E-state index contributed by atoms with van der Waals surface area (Å²) in [5.74, 6) is -0.217. The Morgan fingerprint density at radius 1 is 1.12 bits per heavy atom. The number of nitrogens with one attached hydrogen (secondary N) is 1. The fourth-order valence-corrected chi connectivity index (χ4v) is 3.91. The van der Waals surface area contributed by atoms with E-state index in [0.717, 1.165) is 25.7 Å². The Kier molecular flexibility index (Phi) is 5.56. The summed E-state index contributed by atoms with van der Waals surface area (Å²) >= 11 is 0. The Morgan fingerprint density at radius 2 is 1.92 bits per heavy atom. The van der Waals surface area contributed by atoms with Crippen molar-refractivity contribution >= 4 is 11.9 Å². The number of ether oxygens (including phenoxy) is 1. The number of amides is 3. The largest absolute Gasteiger partial charge is 0.376 e. The number of rotatable bonds is 2. The molecule has 1 N–H and O–H groups in total. The normalized spacial score (nSPS) is 28.5. The first-order valence-electron chi connectivity index (χ1n) is 9.02. The molecular weight excluding hydrogens is 308 g/mol. The quantitative estimate of drug-likeness (QED) is 0.819. The van der Waals surface area contributed by atoms with E-state index >= 15 is 0 Å². The molecule has 1 saturated carbocycles. The number of hydrogen-bond donors (Lipinski definition) is 1. The zero-order valence-electron chi connectivity index (χ0n) is 14.1. The van der Waals surface area contributed by atoms with Crippen LogP contribution in [0.3, 0.4) is 0 Å². The highest BCUT2D eigenvalue weighted by atomic mass is 16.5. The predicted octanol–water partition coefficient (Wildman–Crippen LogP) is 1.10. The summed E-state index contributed by atoms with van der Waals surface area (Å²) in [6, 6.07) is 1.88. The molecule has 7 heteroatoms. The third-order valence-electron chi connectivity index (χ3n) is 5.30. The molecule has 132 valence electrons. The Balaban J connectivity index is 1.57. The highest BCUT2D eigenvalue weighted by Gasteiger charge is 2.35. The van der Waals surface area contributed by atoms with Crippen LogP contribution in [0, 0.1) is 17.2 Å². The molecule has 3 amide bonds. The van der Waals surface area contributed by atoms with Crippen LogP contribution < -0.4 is 5.32 Å². The molecule has 2 heterocycles. The highest BCUT2D eigenvalue weighted by Crippen LogP contribution is 2.22. The van der Waals surface area contributed by atoms with Crippen molar-refractivity contribution in [2.75, 3.05) is 32.8 Å². The lowest BCUT2D eigenvalue weighted by molar-refractivity contribution is -0.143. The van der Waals surface area contributed by atoms with Crippen molar-refractivity contribution in [1.82, 2.24) is 15.1 Å². The van der Waals surface area contributed by atoms with Gasteiger partial charge in [-0.1, -0.05) is 12.8 Å². The van der Waals surface area contributed by atoms with Gasteiger partial charge in [0.15, 0.2) is 0 Å². The molecule has 2 aliphatic heterocycles. The molecule has 0 unspecified atom stereocenters. The minimum atomic E-state index is -0.506. The van der Waals surface area contributed by atoms with Gasteiger partial charge in [0.2, 0.25) is 5.91 Å². The summed E-state index contributed by atoms with van der Waals surface area (Å²) in [5.41, 5.74) is 0. The number of morpholine rings is 1. The molecule has 3 aliphatic rings. The minimum Gasteiger partial charge on any atom is -0.376 e. The van der Waals surface area contributed by atoms with E-state index in [-0.39, 0.29) is 30.5 Å². The monoisotopic (exact) mass is 334 g/mol. The average Bonchev–Trinajstić information content (AvgIpc) is 3.14.